The Morgan fingerprint density at radius 1 is 0.524 bits per heavy atom. The van der Waals surface area contributed by atoms with Crippen molar-refractivity contribution in [3.8, 4) is 16.9 Å². The molecule has 42 heavy (non-hydrogen) atoms. The molecule has 0 bridgehead atoms. The zero-order valence-corrected chi connectivity index (χ0v) is 22.5. The molecular weight excluding hydrogens is 513 g/mol. The average molecular weight is 535 g/mol. The van der Waals surface area contributed by atoms with Gasteiger partial charge in [-0.05, 0) is 57.4 Å². The van der Waals surface area contributed by atoms with Gasteiger partial charge < -0.3 is 14.0 Å². The lowest BCUT2D eigenvalue weighted by atomic mass is 9.48. The van der Waals surface area contributed by atoms with E-state index in [0.29, 0.717) is 0 Å². The number of furan rings is 1. The Morgan fingerprint density at radius 3 is 2.19 bits per heavy atom. The number of anilines is 3. The van der Waals surface area contributed by atoms with Gasteiger partial charge in [0.2, 0.25) is 0 Å². The van der Waals surface area contributed by atoms with Crippen LogP contribution in [0.2, 0.25) is 0 Å². The Morgan fingerprint density at radius 2 is 1.26 bits per heavy atom. The van der Waals surface area contributed by atoms with Crippen LogP contribution in [0.5, 0.6) is 5.75 Å². The summed E-state index contributed by atoms with van der Waals surface area (Å²) in [6.45, 7) is -0.263. The highest BCUT2D eigenvalue weighted by molar-refractivity contribution is 6.87. The molecule has 7 aromatic carbocycles. The minimum atomic E-state index is -0.263. The Bertz CT molecular complexity index is 2420. The summed E-state index contributed by atoms with van der Waals surface area (Å²) in [7, 11) is 0. The summed E-state index contributed by atoms with van der Waals surface area (Å²) in [5, 5.41) is 7.12. The Labute approximate surface area is 242 Å². The average Bonchev–Trinajstić information content (AvgIpc) is 3.42. The molecule has 0 amide bonds. The van der Waals surface area contributed by atoms with E-state index < -0.39 is 0 Å². The van der Waals surface area contributed by atoms with Gasteiger partial charge in [0.05, 0.1) is 0 Å². The van der Waals surface area contributed by atoms with Crippen molar-refractivity contribution in [2.75, 3.05) is 4.90 Å². The number of hydrogen-bond acceptors (Lipinski definition) is 3. The molecule has 0 fully saturated rings. The maximum absolute atomic E-state index is 7.01. The molecule has 0 spiro atoms. The molecule has 3 heterocycles. The van der Waals surface area contributed by atoms with Gasteiger partial charge in [-0.3, -0.25) is 0 Å². The Hall–Kier alpha value is -5.48. The summed E-state index contributed by atoms with van der Waals surface area (Å²) in [6, 6.07) is 47.5. The minimum absolute atomic E-state index is 0.263. The third-order valence-electron chi connectivity index (χ3n) is 9.03. The van der Waals surface area contributed by atoms with Gasteiger partial charge in [-0.1, -0.05) is 97.1 Å². The standard InChI is InChI=1S/C38H22BNO2/c1-2-11-25-21-26(19-17-23(25)9-1)40-30-20-18-24-10-3-4-12-27(24)37(30)39-38-31(40)22-34-35(28-13-5-7-15-32(28)41-34)36(38)29-14-6-8-16-33(29)42-39/h1-22H. The van der Waals surface area contributed by atoms with E-state index in [9.17, 15) is 0 Å². The van der Waals surface area contributed by atoms with E-state index in [2.05, 4.69) is 132 Å². The lowest BCUT2D eigenvalue weighted by Crippen LogP contribution is -2.56. The normalized spacial score (nSPS) is 13.3. The van der Waals surface area contributed by atoms with Crippen LogP contribution in [0, 0.1) is 0 Å². The fraction of sp³-hybridized carbons (Fsp3) is 0. The molecule has 10 rings (SSSR count). The van der Waals surface area contributed by atoms with Crippen LogP contribution in [0.3, 0.4) is 0 Å². The van der Waals surface area contributed by atoms with E-state index in [4.69, 9.17) is 9.07 Å². The van der Waals surface area contributed by atoms with Crippen molar-refractivity contribution in [2.24, 2.45) is 0 Å². The van der Waals surface area contributed by atoms with E-state index in [1.54, 1.807) is 0 Å². The van der Waals surface area contributed by atoms with Crippen LogP contribution in [0.25, 0.3) is 54.6 Å². The first kappa shape index (κ1) is 22.2. The Kier molecular flexibility index (Phi) is 4.26. The van der Waals surface area contributed by atoms with Crippen molar-refractivity contribution in [3.63, 3.8) is 0 Å². The molecule has 2 aliphatic rings. The first-order chi connectivity index (χ1) is 20.8. The van der Waals surface area contributed by atoms with Crippen molar-refractivity contribution in [1.29, 1.82) is 0 Å². The van der Waals surface area contributed by atoms with E-state index in [0.717, 1.165) is 50.3 Å². The third kappa shape index (κ3) is 2.86. The summed E-state index contributed by atoms with van der Waals surface area (Å²) in [5.41, 5.74) is 9.79. The number of hydrogen-bond donors (Lipinski definition) is 0. The van der Waals surface area contributed by atoms with Gasteiger partial charge in [-0.25, -0.2) is 0 Å². The van der Waals surface area contributed by atoms with Crippen molar-refractivity contribution in [2.45, 2.75) is 0 Å². The van der Waals surface area contributed by atoms with Gasteiger partial charge in [0.15, 0.2) is 0 Å². The van der Waals surface area contributed by atoms with Crippen molar-refractivity contribution in [1.82, 2.24) is 0 Å². The molecule has 0 N–H and O–H groups in total. The zero-order chi connectivity index (χ0) is 27.4. The molecule has 0 saturated heterocycles. The molecule has 0 atom stereocenters. The monoisotopic (exact) mass is 535 g/mol. The predicted molar refractivity (Wildman–Crippen MR) is 175 cm³/mol. The minimum Gasteiger partial charge on any atom is -0.551 e. The molecule has 0 saturated carbocycles. The summed E-state index contributed by atoms with van der Waals surface area (Å²) in [5.74, 6) is 0.900. The summed E-state index contributed by atoms with van der Waals surface area (Å²) >= 11 is 0. The molecular formula is C38H22BNO2. The number of nitrogens with zero attached hydrogens (tertiary/aromatic N) is 1. The molecule has 0 unspecified atom stereocenters. The summed E-state index contributed by atoms with van der Waals surface area (Å²) in [6.07, 6.45) is 0. The number of rotatable bonds is 1. The number of benzene rings is 7. The van der Waals surface area contributed by atoms with Crippen LogP contribution in [0.1, 0.15) is 0 Å². The highest BCUT2D eigenvalue weighted by Gasteiger charge is 2.44. The second-order valence-corrected chi connectivity index (χ2v) is 11.2. The molecule has 0 aliphatic carbocycles. The SMILES string of the molecule is c1ccc2c(c1)OB1c3c(cc4oc5ccccc5c4c3-2)N(c2ccc3ccccc3c2)c2ccc3ccccc3c21. The largest absolute Gasteiger partial charge is 0.551 e. The van der Waals surface area contributed by atoms with Crippen LogP contribution in [-0.2, 0) is 0 Å². The fourth-order valence-corrected chi connectivity index (χ4v) is 7.26. The first-order valence-electron chi connectivity index (χ1n) is 14.4. The van der Waals surface area contributed by atoms with Crippen LogP contribution in [0.15, 0.2) is 138 Å². The van der Waals surface area contributed by atoms with Crippen LogP contribution >= 0.6 is 0 Å². The topological polar surface area (TPSA) is 25.6 Å². The lowest BCUT2D eigenvalue weighted by molar-refractivity contribution is 0.590. The van der Waals surface area contributed by atoms with Crippen LogP contribution < -0.4 is 20.5 Å². The summed E-state index contributed by atoms with van der Waals surface area (Å²) in [4.78, 5) is 2.41. The van der Waals surface area contributed by atoms with E-state index in [1.165, 1.54) is 38.0 Å². The van der Waals surface area contributed by atoms with Gasteiger partial charge in [-0.2, -0.15) is 0 Å². The van der Waals surface area contributed by atoms with Crippen molar-refractivity contribution >= 4 is 78.4 Å². The fourth-order valence-electron chi connectivity index (χ4n) is 7.26. The first-order valence-corrected chi connectivity index (χ1v) is 14.4. The second kappa shape index (κ2) is 8.05. The van der Waals surface area contributed by atoms with E-state index >= 15 is 0 Å². The predicted octanol–water partition coefficient (Wildman–Crippen LogP) is 8.84. The van der Waals surface area contributed by atoms with E-state index in [1.807, 2.05) is 6.07 Å². The lowest BCUT2D eigenvalue weighted by Gasteiger charge is -2.40. The zero-order valence-electron chi connectivity index (χ0n) is 22.5. The van der Waals surface area contributed by atoms with Gasteiger partial charge >= 0.3 is 6.92 Å². The molecule has 0 radical (unpaired) electrons. The molecule has 194 valence electrons. The highest BCUT2D eigenvalue weighted by atomic mass is 16.4. The van der Waals surface area contributed by atoms with Crippen molar-refractivity contribution in [3.05, 3.63) is 133 Å². The van der Waals surface area contributed by atoms with Crippen LogP contribution in [0.4, 0.5) is 17.1 Å². The quantitative estimate of drug-likeness (QED) is 0.197. The smallest absolute Gasteiger partial charge is 0.432 e. The summed E-state index contributed by atoms with van der Waals surface area (Å²) < 4.78 is 13.6. The van der Waals surface area contributed by atoms with Crippen LogP contribution in [-0.4, -0.2) is 6.92 Å². The van der Waals surface area contributed by atoms with Gasteiger partial charge in [0.25, 0.3) is 0 Å². The number of fused-ring (bicyclic) bond motifs is 11. The number of para-hydroxylation sites is 2. The molecule has 4 heteroatoms. The Balaban J connectivity index is 1.41. The molecule has 1 aromatic heterocycles. The second-order valence-electron chi connectivity index (χ2n) is 11.2. The van der Waals surface area contributed by atoms with Gasteiger partial charge in [0, 0.05) is 50.4 Å². The third-order valence-corrected chi connectivity index (χ3v) is 9.03. The van der Waals surface area contributed by atoms with Gasteiger partial charge in [-0.15, -0.1) is 0 Å². The maximum Gasteiger partial charge on any atom is 0.432 e. The van der Waals surface area contributed by atoms with Crippen molar-refractivity contribution < 1.29 is 9.07 Å². The molecule has 3 nitrogen and oxygen atoms in total. The highest BCUT2D eigenvalue weighted by Crippen LogP contribution is 2.48. The maximum atomic E-state index is 7.01. The van der Waals surface area contributed by atoms with E-state index in [-0.39, 0.29) is 6.92 Å². The molecule has 2 aliphatic heterocycles. The van der Waals surface area contributed by atoms with Gasteiger partial charge in [0.1, 0.15) is 16.9 Å². The molecule has 8 aromatic rings.